The zero-order valence-electron chi connectivity index (χ0n) is 7.41. The van der Waals surface area contributed by atoms with Crippen molar-refractivity contribution < 1.29 is 15.3 Å². The van der Waals surface area contributed by atoms with Gasteiger partial charge in [0.05, 0.1) is 19.8 Å². The molecule has 0 rings (SSSR count). The smallest absolute Gasteiger partial charge is 0.0558 e. The standard InChI is InChI=1S/C6H15NO3.CH3Cl/c8-4-1-7(2-5-9)3-6-10;1-2/h8-10H,1-6H2;1H3. The summed E-state index contributed by atoms with van der Waals surface area (Å²) in [5, 5.41) is 25.5. The van der Waals surface area contributed by atoms with Crippen LogP contribution in [0.25, 0.3) is 0 Å². The maximum absolute atomic E-state index is 8.48. The van der Waals surface area contributed by atoms with Crippen LogP contribution in [-0.2, 0) is 0 Å². The van der Waals surface area contributed by atoms with Crippen LogP contribution in [0.15, 0.2) is 0 Å². The average Bonchev–Trinajstić information content (AvgIpc) is 2.10. The van der Waals surface area contributed by atoms with E-state index in [1.807, 2.05) is 0 Å². The molecule has 0 amide bonds. The van der Waals surface area contributed by atoms with Gasteiger partial charge >= 0.3 is 0 Å². The van der Waals surface area contributed by atoms with Gasteiger partial charge in [0.15, 0.2) is 0 Å². The summed E-state index contributed by atoms with van der Waals surface area (Å²) in [5.74, 6) is 0. The predicted molar refractivity (Wildman–Crippen MR) is 49.5 cm³/mol. The Morgan fingerprint density at radius 2 is 1.08 bits per heavy atom. The molecule has 0 aliphatic carbocycles. The normalized spacial score (nSPS) is 9.50. The van der Waals surface area contributed by atoms with Crippen molar-refractivity contribution in [2.75, 3.05) is 45.8 Å². The maximum atomic E-state index is 8.48. The Labute approximate surface area is 78.4 Å². The molecule has 5 heteroatoms. The van der Waals surface area contributed by atoms with Crippen molar-refractivity contribution in [3.8, 4) is 0 Å². The highest BCUT2D eigenvalue weighted by atomic mass is 35.5. The second-order valence-electron chi connectivity index (χ2n) is 2.01. The van der Waals surface area contributed by atoms with Gasteiger partial charge < -0.3 is 15.3 Å². The molecule has 0 atom stereocenters. The number of aliphatic hydroxyl groups excluding tert-OH is 3. The molecule has 0 heterocycles. The summed E-state index contributed by atoms with van der Waals surface area (Å²) >= 11 is 4.64. The maximum Gasteiger partial charge on any atom is 0.0558 e. The van der Waals surface area contributed by atoms with Crippen LogP contribution in [0.1, 0.15) is 0 Å². The lowest BCUT2D eigenvalue weighted by Gasteiger charge is -2.17. The minimum absolute atomic E-state index is 0.0694. The van der Waals surface area contributed by atoms with Crippen molar-refractivity contribution in [1.29, 1.82) is 0 Å². The summed E-state index contributed by atoms with van der Waals surface area (Å²) in [7, 11) is 0. The highest BCUT2D eigenvalue weighted by molar-refractivity contribution is 6.15. The first-order valence-corrected chi connectivity index (χ1v) is 4.53. The van der Waals surface area contributed by atoms with E-state index >= 15 is 0 Å². The van der Waals surface area contributed by atoms with Crippen molar-refractivity contribution in [2.45, 2.75) is 0 Å². The van der Waals surface area contributed by atoms with Crippen LogP contribution in [-0.4, -0.2) is 66.1 Å². The first-order chi connectivity index (χ1) is 5.85. The molecule has 3 N–H and O–H groups in total. The number of rotatable bonds is 6. The highest BCUT2D eigenvalue weighted by Crippen LogP contribution is 1.84. The van der Waals surface area contributed by atoms with Crippen LogP contribution in [0.5, 0.6) is 0 Å². The number of aliphatic hydroxyl groups is 3. The Balaban J connectivity index is 0. The molecule has 4 nitrogen and oxygen atoms in total. The number of hydrogen-bond donors (Lipinski definition) is 3. The van der Waals surface area contributed by atoms with Gasteiger partial charge in [-0.25, -0.2) is 0 Å². The molecule has 0 fully saturated rings. The molecule has 0 unspecified atom stereocenters. The molecular formula is C7H18ClNO3. The van der Waals surface area contributed by atoms with Crippen LogP contribution in [0.3, 0.4) is 0 Å². The lowest BCUT2D eigenvalue weighted by molar-refractivity contribution is 0.136. The van der Waals surface area contributed by atoms with Crippen LogP contribution < -0.4 is 0 Å². The third kappa shape index (κ3) is 10.1. The number of hydrogen-bond acceptors (Lipinski definition) is 4. The summed E-state index contributed by atoms with van der Waals surface area (Å²) in [6.45, 7) is 1.75. The lowest BCUT2D eigenvalue weighted by atomic mass is 10.4. The molecule has 0 aromatic heterocycles. The Kier molecular flexibility index (Phi) is 16.7. The second kappa shape index (κ2) is 13.7. The monoisotopic (exact) mass is 199 g/mol. The van der Waals surface area contributed by atoms with Crippen molar-refractivity contribution in [1.82, 2.24) is 4.90 Å². The van der Waals surface area contributed by atoms with Crippen molar-refractivity contribution >= 4 is 11.6 Å². The second-order valence-corrected chi connectivity index (χ2v) is 2.01. The molecule has 0 saturated carbocycles. The van der Waals surface area contributed by atoms with Gasteiger partial charge in [-0.05, 0) is 0 Å². The summed E-state index contributed by atoms with van der Waals surface area (Å²) in [4.78, 5) is 1.79. The van der Waals surface area contributed by atoms with Crippen LogP contribution >= 0.6 is 11.6 Å². The quantitative estimate of drug-likeness (QED) is 0.487. The van der Waals surface area contributed by atoms with Gasteiger partial charge in [0.2, 0.25) is 0 Å². The van der Waals surface area contributed by atoms with E-state index in [0.29, 0.717) is 19.6 Å². The van der Waals surface area contributed by atoms with E-state index in [9.17, 15) is 0 Å². The third-order valence-electron chi connectivity index (χ3n) is 1.25. The van der Waals surface area contributed by atoms with Crippen molar-refractivity contribution in [3.63, 3.8) is 0 Å². The van der Waals surface area contributed by atoms with E-state index < -0.39 is 0 Å². The Hall–Kier alpha value is 0.130. The average molecular weight is 200 g/mol. The predicted octanol–water partition coefficient (Wildman–Crippen LogP) is -0.880. The Morgan fingerprint density at radius 1 is 0.833 bits per heavy atom. The minimum atomic E-state index is 0.0694. The first kappa shape index (κ1) is 14.6. The molecule has 12 heavy (non-hydrogen) atoms. The highest BCUT2D eigenvalue weighted by Gasteiger charge is 2.00. The molecule has 0 aliphatic rings. The van der Waals surface area contributed by atoms with Gasteiger partial charge in [-0.1, -0.05) is 0 Å². The fourth-order valence-corrected chi connectivity index (χ4v) is 0.760. The molecule has 76 valence electrons. The van der Waals surface area contributed by atoms with E-state index in [4.69, 9.17) is 15.3 Å². The number of nitrogens with zero attached hydrogens (tertiary/aromatic N) is 1. The first-order valence-electron chi connectivity index (χ1n) is 3.78. The van der Waals surface area contributed by atoms with Gasteiger partial charge in [-0.15, -0.1) is 11.6 Å². The summed E-state index contributed by atoms with van der Waals surface area (Å²) in [6.07, 6.45) is 1.47. The van der Waals surface area contributed by atoms with Gasteiger partial charge in [-0.2, -0.15) is 0 Å². The van der Waals surface area contributed by atoms with Crippen molar-refractivity contribution in [3.05, 3.63) is 0 Å². The molecule has 0 bridgehead atoms. The fraction of sp³-hybridized carbons (Fsp3) is 1.00. The molecule has 0 aliphatic heterocycles. The Bertz CT molecular complexity index is 61.4. The topological polar surface area (TPSA) is 63.9 Å². The Morgan fingerprint density at radius 3 is 1.25 bits per heavy atom. The van der Waals surface area contributed by atoms with E-state index in [1.165, 1.54) is 6.38 Å². The van der Waals surface area contributed by atoms with E-state index in [0.717, 1.165) is 0 Å². The van der Waals surface area contributed by atoms with Gasteiger partial charge in [0.1, 0.15) is 0 Å². The molecule has 0 aromatic carbocycles. The summed E-state index contributed by atoms with van der Waals surface area (Å²) in [6, 6.07) is 0. The summed E-state index contributed by atoms with van der Waals surface area (Å²) < 4.78 is 0. The van der Waals surface area contributed by atoms with Crippen molar-refractivity contribution in [2.24, 2.45) is 0 Å². The fourth-order valence-electron chi connectivity index (χ4n) is 0.760. The van der Waals surface area contributed by atoms with Crippen LogP contribution in [0, 0.1) is 0 Å². The van der Waals surface area contributed by atoms with Crippen LogP contribution in [0.2, 0.25) is 0 Å². The zero-order chi connectivity index (χ0) is 9.82. The molecular weight excluding hydrogens is 182 g/mol. The van der Waals surface area contributed by atoms with E-state index in [-0.39, 0.29) is 19.8 Å². The largest absolute Gasteiger partial charge is 0.395 e. The number of halogens is 1. The molecule has 0 radical (unpaired) electrons. The molecule has 0 aromatic rings. The van der Waals surface area contributed by atoms with E-state index in [1.54, 1.807) is 4.90 Å². The lowest BCUT2D eigenvalue weighted by Crippen LogP contribution is -2.32. The van der Waals surface area contributed by atoms with Gasteiger partial charge in [0.25, 0.3) is 0 Å². The minimum Gasteiger partial charge on any atom is -0.395 e. The number of alkyl halides is 1. The summed E-state index contributed by atoms with van der Waals surface area (Å²) in [5.41, 5.74) is 0. The van der Waals surface area contributed by atoms with Gasteiger partial charge in [0, 0.05) is 26.0 Å². The van der Waals surface area contributed by atoms with E-state index in [2.05, 4.69) is 11.6 Å². The molecule has 0 saturated heterocycles. The van der Waals surface area contributed by atoms with Crippen LogP contribution in [0.4, 0.5) is 0 Å². The zero-order valence-corrected chi connectivity index (χ0v) is 8.17. The third-order valence-corrected chi connectivity index (χ3v) is 1.25. The molecule has 0 spiro atoms. The SMILES string of the molecule is CCl.OCCN(CCO)CCO. The van der Waals surface area contributed by atoms with Gasteiger partial charge in [-0.3, -0.25) is 4.90 Å².